The third-order valence-corrected chi connectivity index (χ3v) is 6.29. The molecule has 1 N–H and O–H groups in total. The maximum Gasteiger partial charge on any atom is 0.247 e. The van der Waals surface area contributed by atoms with Crippen LogP contribution in [0.3, 0.4) is 0 Å². The molecule has 8 heteroatoms. The second kappa shape index (κ2) is 15.0. The summed E-state index contributed by atoms with van der Waals surface area (Å²) < 4.78 is 16.1. The first kappa shape index (κ1) is 29.0. The summed E-state index contributed by atoms with van der Waals surface area (Å²) in [7, 11) is 3.12. The lowest BCUT2D eigenvalue weighted by molar-refractivity contribution is -0.141. The molecule has 202 valence electrons. The van der Waals surface area contributed by atoms with Gasteiger partial charge >= 0.3 is 0 Å². The molecule has 1 atom stereocenters. The molecule has 0 spiro atoms. The lowest BCUT2D eigenvalue weighted by Gasteiger charge is -2.32. The molecule has 38 heavy (non-hydrogen) atoms. The molecule has 0 bridgehead atoms. The van der Waals surface area contributed by atoms with Gasteiger partial charge in [-0.2, -0.15) is 0 Å². The Morgan fingerprint density at radius 3 is 2.26 bits per heavy atom. The quantitative estimate of drug-likeness (QED) is 0.285. The van der Waals surface area contributed by atoms with Gasteiger partial charge in [-0.05, 0) is 54.3 Å². The molecular formula is C30H35ClN2O5. The number of methoxy groups -OCH3 is 2. The minimum atomic E-state index is -0.827. The summed E-state index contributed by atoms with van der Waals surface area (Å²) in [6.45, 7) is 3.79. The van der Waals surface area contributed by atoms with Crippen LogP contribution in [0.2, 0.25) is 5.02 Å². The monoisotopic (exact) mass is 538 g/mol. The molecule has 0 saturated heterocycles. The number of rotatable bonds is 14. The van der Waals surface area contributed by atoms with Crippen LogP contribution < -0.4 is 14.8 Å². The second-order valence-electron chi connectivity index (χ2n) is 8.67. The number of nitrogens with zero attached hydrogens (tertiary/aromatic N) is 1. The molecule has 7 nitrogen and oxygen atoms in total. The largest absolute Gasteiger partial charge is 0.493 e. The Kier molecular flexibility index (Phi) is 11.5. The normalized spacial score (nSPS) is 11.5. The van der Waals surface area contributed by atoms with Crippen molar-refractivity contribution in [2.75, 3.05) is 34.0 Å². The average molecular weight is 539 g/mol. The van der Waals surface area contributed by atoms with E-state index in [-0.39, 0.29) is 24.8 Å². The highest BCUT2D eigenvalue weighted by molar-refractivity contribution is 6.30. The van der Waals surface area contributed by atoms with Crippen molar-refractivity contribution in [3.8, 4) is 11.5 Å². The first-order chi connectivity index (χ1) is 18.5. The number of hydrogen-bond acceptors (Lipinski definition) is 5. The number of amides is 2. The molecular weight excluding hydrogens is 504 g/mol. The van der Waals surface area contributed by atoms with Gasteiger partial charge in [-0.15, -0.1) is 0 Å². The van der Waals surface area contributed by atoms with E-state index in [1.165, 1.54) is 0 Å². The van der Waals surface area contributed by atoms with Crippen LogP contribution in [0.1, 0.15) is 36.1 Å². The van der Waals surface area contributed by atoms with Crippen molar-refractivity contribution in [3.63, 3.8) is 0 Å². The van der Waals surface area contributed by atoms with E-state index in [0.29, 0.717) is 42.7 Å². The molecule has 2 amide bonds. The molecule has 0 fully saturated rings. The zero-order valence-electron chi connectivity index (χ0n) is 22.1. The predicted octanol–water partition coefficient (Wildman–Crippen LogP) is 5.21. The third-order valence-electron chi connectivity index (χ3n) is 6.03. The predicted molar refractivity (Wildman–Crippen MR) is 149 cm³/mol. The van der Waals surface area contributed by atoms with Crippen LogP contribution in [0.15, 0.2) is 72.8 Å². The van der Waals surface area contributed by atoms with Crippen molar-refractivity contribution in [1.29, 1.82) is 0 Å². The molecule has 3 aromatic carbocycles. The van der Waals surface area contributed by atoms with Gasteiger partial charge in [0.2, 0.25) is 11.8 Å². The lowest BCUT2D eigenvalue weighted by atomic mass is 10.0. The Bertz CT molecular complexity index is 1170. The number of carbonyl (C=O) groups is 2. The molecule has 0 saturated carbocycles. The van der Waals surface area contributed by atoms with Gasteiger partial charge in [-0.25, -0.2) is 0 Å². The fraction of sp³-hybridized carbons (Fsp3) is 0.333. The fourth-order valence-corrected chi connectivity index (χ4v) is 4.24. The number of ether oxygens (including phenoxy) is 3. The average Bonchev–Trinajstić information content (AvgIpc) is 2.94. The molecule has 0 aliphatic rings. The van der Waals surface area contributed by atoms with Crippen molar-refractivity contribution >= 4 is 23.4 Å². The van der Waals surface area contributed by atoms with E-state index in [2.05, 4.69) is 5.32 Å². The van der Waals surface area contributed by atoms with Crippen LogP contribution in [0.4, 0.5) is 0 Å². The maximum absolute atomic E-state index is 13.9. The van der Waals surface area contributed by atoms with Crippen LogP contribution in [0.5, 0.6) is 11.5 Å². The number of benzene rings is 3. The van der Waals surface area contributed by atoms with Crippen LogP contribution in [0.25, 0.3) is 0 Å². The van der Waals surface area contributed by atoms with Crippen molar-refractivity contribution < 1.29 is 23.8 Å². The Morgan fingerprint density at radius 1 is 0.921 bits per heavy atom. The number of hydrogen-bond donors (Lipinski definition) is 1. The van der Waals surface area contributed by atoms with Gasteiger partial charge in [-0.3, -0.25) is 9.59 Å². The van der Waals surface area contributed by atoms with E-state index in [0.717, 1.165) is 16.7 Å². The molecule has 3 rings (SSSR count). The number of halogens is 1. The lowest BCUT2D eigenvalue weighted by Crippen LogP contribution is -2.44. The van der Waals surface area contributed by atoms with E-state index < -0.39 is 6.04 Å². The zero-order valence-corrected chi connectivity index (χ0v) is 22.9. The number of nitrogens with one attached hydrogen (secondary N) is 1. The summed E-state index contributed by atoms with van der Waals surface area (Å²) in [5, 5.41) is 3.60. The SMILES string of the molecule is CCOCCCNC(=O)C(c1ccccc1)N(Cc1ccc(Cl)cc1)C(=O)Cc1ccc(OC)c(OC)c1. The Balaban J connectivity index is 1.94. The second-order valence-corrected chi connectivity index (χ2v) is 9.11. The van der Waals surface area contributed by atoms with Gasteiger partial charge in [0, 0.05) is 31.3 Å². The topological polar surface area (TPSA) is 77.1 Å². The van der Waals surface area contributed by atoms with Crippen molar-refractivity contribution in [2.45, 2.75) is 32.4 Å². The standard InChI is InChI=1S/C30H35ClN2O5/c1-4-38-18-8-17-32-30(35)29(24-9-6-5-7-10-24)33(21-22-11-14-25(31)15-12-22)28(34)20-23-13-16-26(36-2)27(19-23)37-3/h5-7,9-16,19,29H,4,8,17-18,20-21H2,1-3H3,(H,32,35). The minimum absolute atomic E-state index is 0.0783. The van der Waals surface area contributed by atoms with E-state index >= 15 is 0 Å². The van der Waals surface area contributed by atoms with Gasteiger partial charge in [-0.1, -0.05) is 60.1 Å². The van der Waals surface area contributed by atoms with Crippen molar-refractivity contribution in [2.24, 2.45) is 0 Å². The Hall–Kier alpha value is -3.55. The van der Waals surface area contributed by atoms with E-state index in [1.54, 1.807) is 43.4 Å². The Labute approximate surface area is 229 Å². The number of carbonyl (C=O) groups excluding carboxylic acids is 2. The summed E-state index contributed by atoms with van der Waals surface area (Å²) in [4.78, 5) is 29.1. The van der Waals surface area contributed by atoms with Crippen molar-refractivity contribution in [3.05, 3.63) is 94.5 Å². The fourth-order valence-electron chi connectivity index (χ4n) is 4.11. The van der Waals surface area contributed by atoms with Crippen LogP contribution in [-0.2, 0) is 27.3 Å². The van der Waals surface area contributed by atoms with Crippen LogP contribution in [-0.4, -0.2) is 50.7 Å². The smallest absolute Gasteiger partial charge is 0.247 e. The molecule has 1 unspecified atom stereocenters. The van der Waals surface area contributed by atoms with Gasteiger partial charge in [0.15, 0.2) is 11.5 Å². The summed E-state index contributed by atoms with van der Waals surface area (Å²) >= 11 is 6.10. The summed E-state index contributed by atoms with van der Waals surface area (Å²) in [6.07, 6.45) is 0.757. The van der Waals surface area contributed by atoms with Crippen LogP contribution in [0, 0.1) is 0 Å². The third kappa shape index (κ3) is 8.23. The molecule has 0 aliphatic carbocycles. The molecule has 0 aliphatic heterocycles. The van der Waals surface area contributed by atoms with Crippen molar-refractivity contribution in [1.82, 2.24) is 10.2 Å². The highest BCUT2D eigenvalue weighted by Crippen LogP contribution is 2.29. The van der Waals surface area contributed by atoms with E-state index in [1.807, 2.05) is 55.5 Å². The molecule has 0 heterocycles. The van der Waals surface area contributed by atoms with Gasteiger partial charge < -0.3 is 24.4 Å². The zero-order chi connectivity index (χ0) is 27.3. The summed E-state index contributed by atoms with van der Waals surface area (Å²) in [5.41, 5.74) is 2.34. The van der Waals surface area contributed by atoms with Gasteiger partial charge in [0.05, 0.1) is 20.6 Å². The van der Waals surface area contributed by atoms with E-state index in [9.17, 15) is 9.59 Å². The van der Waals surface area contributed by atoms with Gasteiger partial charge in [0.1, 0.15) is 6.04 Å². The highest BCUT2D eigenvalue weighted by atomic mass is 35.5. The minimum Gasteiger partial charge on any atom is -0.493 e. The molecule has 0 aromatic heterocycles. The van der Waals surface area contributed by atoms with E-state index in [4.69, 9.17) is 25.8 Å². The first-order valence-corrected chi connectivity index (χ1v) is 13.0. The molecule has 0 radical (unpaired) electrons. The van der Waals surface area contributed by atoms with Gasteiger partial charge in [0.25, 0.3) is 0 Å². The Morgan fingerprint density at radius 2 is 1.61 bits per heavy atom. The molecule has 3 aromatic rings. The highest BCUT2D eigenvalue weighted by Gasteiger charge is 2.31. The maximum atomic E-state index is 13.9. The van der Waals surface area contributed by atoms with Crippen LogP contribution >= 0.6 is 11.6 Å². The summed E-state index contributed by atoms with van der Waals surface area (Å²) in [6, 6.07) is 21.2. The first-order valence-electron chi connectivity index (χ1n) is 12.6. The summed E-state index contributed by atoms with van der Waals surface area (Å²) in [5.74, 6) is 0.664.